The molecule has 6 heteroatoms. The molecule has 0 atom stereocenters. The number of methoxy groups -OCH3 is 1. The quantitative estimate of drug-likeness (QED) is 0.589. The standard InChI is InChI=1S/C20H23NO4S/c1-4-6-16-7-5-8-17(11-14-19(22)25-3)20(16)21-26(23,24)18-12-9-15(2)10-13-18/h5,7-14,21H,4,6H2,1-3H3/b14-11+. The first-order valence-electron chi connectivity index (χ1n) is 8.34. The zero-order chi connectivity index (χ0) is 19.2. The number of carbonyl (C=O) groups is 1. The van der Waals surface area contributed by atoms with Crippen molar-refractivity contribution in [3.05, 3.63) is 65.2 Å². The molecular weight excluding hydrogens is 350 g/mol. The van der Waals surface area contributed by atoms with Crippen LogP contribution in [0.3, 0.4) is 0 Å². The molecule has 0 spiro atoms. The number of para-hydroxylation sites is 1. The van der Waals surface area contributed by atoms with Crippen molar-refractivity contribution in [2.45, 2.75) is 31.6 Å². The van der Waals surface area contributed by atoms with Gasteiger partial charge in [-0.25, -0.2) is 13.2 Å². The van der Waals surface area contributed by atoms with Crippen LogP contribution in [0.2, 0.25) is 0 Å². The van der Waals surface area contributed by atoms with E-state index in [1.807, 2.05) is 26.0 Å². The van der Waals surface area contributed by atoms with E-state index in [-0.39, 0.29) is 4.90 Å². The third-order valence-electron chi connectivity index (χ3n) is 3.87. The fraction of sp³-hybridized carbons (Fsp3) is 0.250. The molecule has 2 aromatic rings. The Bertz CT molecular complexity index is 900. The number of rotatable bonds is 7. The van der Waals surface area contributed by atoms with Crippen LogP contribution >= 0.6 is 0 Å². The molecular formula is C20H23NO4S. The summed E-state index contributed by atoms with van der Waals surface area (Å²) < 4.78 is 32.9. The minimum Gasteiger partial charge on any atom is -0.466 e. The number of hydrogen-bond acceptors (Lipinski definition) is 4. The van der Waals surface area contributed by atoms with Crippen LogP contribution in [0.1, 0.15) is 30.0 Å². The second-order valence-corrected chi connectivity index (χ2v) is 7.59. The Kier molecular flexibility index (Phi) is 6.58. The zero-order valence-electron chi connectivity index (χ0n) is 15.2. The third-order valence-corrected chi connectivity index (χ3v) is 5.24. The Morgan fingerprint density at radius 2 is 1.85 bits per heavy atom. The molecule has 0 aliphatic rings. The van der Waals surface area contributed by atoms with Crippen LogP contribution in [-0.2, 0) is 26.0 Å². The average molecular weight is 373 g/mol. The summed E-state index contributed by atoms with van der Waals surface area (Å²) in [6, 6.07) is 12.1. The van der Waals surface area contributed by atoms with Gasteiger partial charge in [0.1, 0.15) is 0 Å². The van der Waals surface area contributed by atoms with Gasteiger partial charge in [0, 0.05) is 6.08 Å². The SMILES string of the molecule is CCCc1cccc(/C=C/C(=O)OC)c1NS(=O)(=O)c1ccc(C)cc1. The molecule has 26 heavy (non-hydrogen) atoms. The molecule has 0 unspecified atom stereocenters. The second-order valence-electron chi connectivity index (χ2n) is 5.91. The number of aryl methyl sites for hydroxylation is 2. The lowest BCUT2D eigenvalue weighted by Gasteiger charge is -2.15. The van der Waals surface area contributed by atoms with Gasteiger partial charge >= 0.3 is 5.97 Å². The fourth-order valence-corrected chi connectivity index (χ4v) is 3.63. The smallest absolute Gasteiger partial charge is 0.330 e. The number of esters is 1. The van der Waals surface area contributed by atoms with Gasteiger partial charge in [-0.15, -0.1) is 0 Å². The lowest BCUT2D eigenvalue weighted by Crippen LogP contribution is -2.15. The molecule has 5 nitrogen and oxygen atoms in total. The van der Waals surface area contributed by atoms with Crippen molar-refractivity contribution in [3.8, 4) is 0 Å². The third kappa shape index (κ3) is 4.95. The van der Waals surface area contributed by atoms with Crippen molar-refractivity contribution in [1.82, 2.24) is 0 Å². The summed E-state index contributed by atoms with van der Waals surface area (Å²) in [6.07, 6.45) is 4.40. The van der Waals surface area contributed by atoms with E-state index in [0.29, 0.717) is 17.7 Å². The molecule has 0 fully saturated rings. The number of nitrogens with one attached hydrogen (secondary N) is 1. The summed E-state index contributed by atoms with van der Waals surface area (Å²) >= 11 is 0. The maximum absolute atomic E-state index is 12.8. The molecule has 0 aliphatic heterocycles. The lowest BCUT2D eigenvalue weighted by atomic mass is 10.0. The van der Waals surface area contributed by atoms with Gasteiger partial charge in [0.25, 0.3) is 10.0 Å². The predicted molar refractivity (Wildman–Crippen MR) is 103 cm³/mol. The lowest BCUT2D eigenvalue weighted by molar-refractivity contribution is -0.134. The van der Waals surface area contributed by atoms with E-state index in [1.54, 1.807) is 36.4 Å². The number of sulfonamides is 1. The topological polar surface area (TPSA) is 72.5 Å². The van der Waals surface area contributed by atoms with E-state index in [4.69, 9.17) is 0 Å². The van der Waals surface area contributed by atoms with Gasteiger partial charge in [-0.3, -0.25) is 4.72 Å². The van der Waals surface area contributed by atoms with E-state index >= 15 is 0 Å². The van der Waals surface area contributed by atoms with Crippen LogP contribution in [0, 0.1) is 6.92 Å². The molecule has 0 saturated heterocycles. The maximum Gasteiger partial charge on any atom is 0.330 e. The van der Waals surface area contributed by atoms with Crippen LogP contribution in [0.5, 0.6) is 0 Å². The largest absolute Gasteiger partial charge is 0.466 e. The van der Waals surface area contributed by atoms with Crippen molar-refractivity contribution < 1.29 is 17.9 Å². The Labute approximate surface area is 154 Å². The summed E-state index contributed by atoms with van der Waals surface area (Å²) in [7, 11) is -2.44. The highest BCUT2D eigenvalue weighted by Crippen LogP contribution is 2.27. The molecule has 0 heterocycles. The van der Waals surface area contributed by atoms with E-state index in [2.05, 4.69) is 9.46 Å². The van der Waals surface area contributed by atoms with Crippen molar-refractivity contribution in [3.63, 3.8) is 0 Å². The molecule has 1 N–H and O–H groups in total. The van der Waals surface area contributed by atoms with Crippen LogP contribution in [-0.4, -0.2) is 21.5 Å². The van der Waals surface area contributed by atoms with Crippen molar-refractivity contribution in [2.75, 3.05) is 11.8 Å². The van der Waals surface area contributed by atoms with Gasteiger partial charge in [-0.1, -0.05) is 49.2 Å². The van der Waals surface area contributed by atoms with Crippen LogP contribution < -0.4 is 4.72 Å². The van der Waals surface area contributed by atoms with E-state index in [0.717, 1.165) is 17.5 Å². The number of anilines is 1. The van der Waals surface area contributed by atoms with E-state index in [9.17, 15) is 13.2 Å². The van der Waals surface area contributed by atoms with Gasteiger partial charge in [-0.2, -0.15) is 0 Å². The number of benzene rings is 2. The Balaban J connectivity index is 2.46. The van der Waals surface area contributed by atoms with Gasteiger partial charge in [0.15, 0.2) is 0 Å². The molecule has 138 valence electrons. The first kappa shape index (κ1) is 19.7. The Morgan fingerprint density at radius 3 is 2.46 bits per heavy atom. The normalized spacial score (nSPS) is 11.5. The van der Waals surface area contributed by atoms with Crippen LogP contribution in [0.25, 0.3) is 6.08 Å². The number of ether oxygens (including phenoxy) is 1. The van der Waals surface area contributed by atoms with E-state index < -0.39 is 16.0 Å². The zero-order valence-corrected chi connectivity index (χ0v) is 16.0. The highest BCUT2D eigenvalue weighted by Gasteiger charge is 2.17. The van der Waals surface area contributed by atoms with Gasteiger partial charge < -0.3 is 4.74 Å². The molecule has 0 saturated carbocycles. The minimum absolute atomic E-state index is 0.192. The molecule has 0 aromatic heterocycles. The molecule has 0 radical (unpaired) electrons. The van der Waals surface area contributed by atoms with Crippen molar-refractivity contribution >= 4 is 27.8 Å². The predicted octanol–water partition coefficient (Wildman–Crippen LogP) is 3.93. The van der Waals surface area contributed by atoms with Gasteiger partial charge in [0.05, 0.1) is 17.7 Å². The fourth-order valence-electron chi connectivity index (χ4n) is 2.50. The monoisotopic (exact) mass is 373 g/mol. The van der Waals surface area contributed by atoms with Crippen LogP contribution in [0.15, 0.2) is 53.4 Å². The average Bonchev–Trinajstić information content (AvgIpc) is 2.62. The summed E-state index contributed by atoms with van der Waals surface area (Å²) in [4.78, 5) is 11.6. The summed E-state index contributed by atoms with van der Waals surface area (Å²) in [5.41, 5.74) is 2.94. The highest BCUT2D eigenvalue weighted by molar-refractivity contribution is 7.92. The molecule has 0 amide bonds. The van der Waals surface area contributed by atoms with Crippen molar-refractivity contribution in [2.24, 2.45) is 0 Å². The number of carbonyl (C=O) groups excluding carboxylic acids is 1. The molecule has 2 rings (SSSR count). The first-order valence-corrected chi connectivity index (χ1v) is 9.83. The van der Waals surface area contributed by atoms with Gasteiger partial charge in [-0.05, 0) is 42.7 Å². The number of hydrogen-bond donors (Lipinski definition) is 1. The Morgan fingerprint density at radius 1 is 1.15 bits per heavy atom. The Hall–Kier alpha value is -2.60. The van der Waals surface area contributed by atoms with Crippen molar-refractivity contribution in [1.29, 1.82) is 0 Å². The second kappa shape index (κ2) is 8.67. The summed E-state index contributed by atoms with van der Waals surface area (Å²) in [6.45, 7) is 3.92. The molecule has 2 aromatic carbocycles. The first-order chi connectivity index (χ1) is 12.4. The maximum atomic E-state index is 12.8. The summed E-state index contributed by atoms with van der Waals surface area (Å²) in [5, 5.41) is 0. The highest BCUT2D eigenvalue weighted by atomic mass is 32.2. The minimum atomic E-state index is -3.74. The van der Waals surface area contributed by atoms with Gasteiger partial charge in [0.2, 0.25) is 0 Å². The van der Waals surface area contributed by atoms with Crippen LogP contribution in [0.4, 0.5) is 5.69 Å². The molecule has 0 bridgehead atoms. The molecule has 0 aliphatic carbocycles. The van der Waals surface area contributed by atoms with E-state index in [1.165, 1.54) is 13.2 Å². The summed E-state index contributed by atoms with van der Waals surface area (Å²) in [5.74, 6) is -0.502.